The number of rotatable bonds is 4. The zero-order valence-corrected chi connectivity index (χ0v) is 14.3. The normalized spacial score (nSPS) is 24.4. The minimum atomic E-state index is -4.67. The first-order valence-electron chi connectivity index (χ1n) is 7.62. The number of phenols is 1. The van der Waals surface area contributed by atoms with E-state index in [1.807, 2.05) is 0 Å². The topological polar surface area (TPSA) is 107 Å². The molecule has 0 unspecified atom stereocenters. The highest BCUT2D eigenvalue weighted by Gasteiger charge is 2.54. The second kappa shape index (κ2) is 6.71. The fraction of sp³-hybridized carbons (Fsp3) is 0.235. The third-order valence-electron chi connectivity index (χ3n) is 4.24. The number of hydrogen-bond donors (Lipinski definition) is 3. The number of phenolic OH excluding ortho intramolecular Hbond substituents is 1. The molecule has 25 heavy (non-hydrogen) atoms. The zero-order valence-electron chi connectivity index (χ0n) is 13.4. The summed E-state index contributed by atoms with van der Waals surface area (Å²) in [4.78, 5) is 38.2. The minimum Gasteiger partial charge on any atom is -0.507 e. The van der Waals surface area contributed by atoms with Crippen molar-refractivity contribution in [2.24, 2.45) is 5.92 Å². The molecule has 8 heteroatoms. The van der Waals surface area contributed by atoms with E-state index in [0.29, 0.717) is 5.56 Å². The average Bonchev–Trinajstić information content (AvgIpc) is 2.93. The van der Waals surface area contributed by atoms with Gasteiger partial charge in [0.1, 0.15) is 17.6 Å². The van der Waals surface area contributed by atoms with E-state index in [-0.39, 0.29) is 11.3 Å². The van der Waals surface area contributed by atoms with Gasteiger partial charge in [0.2, 0.25) is 0 Å². The Hall–Kier alpha value is -2.02. The molecule has 1 aliphatic heterocycles. The molecule has 2 aromatic rings. The average molecular weight is 363 g/mol. The maximum atomic E-state index is 13.0. The fourth-order valence-corrected chi connectivity index (χ4v) is 4.34. The molecule has 0 amide bonds. The highest BCUT2D eigenvalue weighted by atomic mass is 31.2. The van der Waals surface area contributed by atoms with E-state index < -0.39 is 31.2 Å². The predicted molar refractivity (Wildman–Crippen MR) is 89.8 cm³/mol. The predicted octanol–water partition coefficient (Wildman–Crippen LogP) is 2.31. The smallest absolute Gasteiger partial charge is 0.345 e. The Morgan fingerprint density at radius 2 is 1.68 bits per heavy atom. The van der Waals surface area contributed by atoms with Gasteiger partial charge in [-0.2, -0.15) is 5.06 Å². The van der Waals surface area contributed by atoms with Crippen LogP contribution in [-0.4, -0.2) is 38.6 Å². The number of nitrogens with zero attached hydrogens (tertiary/aromatic N) is 1. The number of aromatic hydroxyl groups is 1. The van der Waals surface area contributed by atoms with Gasteiger partial charge in [-0.1, -0.05) is 42.5 Å². The lowest BCUT2D eigenvalue weighted by molar-refractivity contribution is -0.137. The Morgan fingerprint density at radius 1 is 1.08 bits per heavy atom. The van der Waals surface area contributed by atoms with Crippen molar-refractivity contribution in [1.82, 2.24) is 5.06 Å². The Kier molecular flexibility index (Phi) is 4.77. The minimum absolute atomic E-state index is 0.00535. The number of carbonyl (C=O) groups is 1. The first-order valence-corrected chi connectivity index (χ1v) is 9.31. The summed E-state index contributed by atoms with van der Waals surface area (Å²) in [5.74, 6) is -3.42. The standard InChI is InChI=1S/C17H18NO6P/c1-18-17(25(21,22)23)14(15(20)12-9-5-6-10-13(12)19)16(24-18)11-7-3-2-4-8-11/h2-10,14,16-17,19H,1H3,(H2,21,22,23)/t14-,16-,17-/m1/s1. The second-order valence-corrected chi connectivity index (χ2v) is 7.60. The van der Waals surface area contributed by atoms with Crippen LogP contribution in [0, 0.1) is 5.92 Å². The lowest BCUT2D eigenvalue weighted by Gasteiger charge is -2.23. The van der Waals surface area contributed by atoms with Gasteiger partial charge in [-0.15, -0.1) is 0 Å². The lowest BCUT2D eigenvalue weighted by atomic mass is 9.88. The molecule has 1 aliphatic rings. The summed E-state index contributed by atoms with van der Waals surface area (Å²) in [5, 5.41) is 11.0. The van der Waals surface area contributed by atoms with Crippen molar-refractivity contribution < 1.29 is 29.1 Å². The summed E-state index contributed by atoms with van der Waals surface area (Å²) < 4.78 is 12.0. The Morgan fingerprint density at radius 3 is 2.28 bits per heavy atom. The number of benzene rings is 2. The summed E-state index contributed by atoms with van der Waals surface area (Å²) in [6, 6.07) is 14.7. The van der Waals surface area contributed by atoms with E-state index in [1.54, 1.807) is 42.5 Å². The fourth-order valence-electron chi connectivity index (χ4n) is 3.16. The van der Waals surface area contributed by atoms with Gasteiger partial charge in [-0.3, -0.25) is 14.2 Å². The van der Waals surface area contributed by atoms with Crippen LogP contribution < -0.4 is 0 Å². The van der Waals surface area contributed by atoms with E-state index in [9.17, 15) is 24.3 Å². The first kappa shape index (κ1) is 17.8. The van der Waals surface area contributed by atoms with Crippen LogP contribution in [0.15, 0.2) is 54.6 Å². The van der Waals surface area contributed by atoms with Gasteiger partial charge in [0, 0.05) is 7.05 Å². The van der Waals surface area contributed by atoms with Crippen molar-refractivity contribution >= 4 is 13.4 Å². The number of hydrogen-bond acceptors (Lipinski definition) is 5. The molecule has 0 spiro atoms. The van der Waals surface area contributed by atoms with Gasteiger partial charge in [0.25, 0.3) is 0 Å². The molecule has 0 saturated carbocycles. The van der Waals surface area contributed by atoms with Crippen molar-refractivity contribution in [1.29, 1.82) is 0 Å². The van der Waals surface area contributed by atoms with Crippen LogP contribution in [0.2, 0.25) is 0 Å². The van der Waals surface area contributed by atoms with Crippen LogP contribution in [0.4, 0.5) is 0 Å². The van der Waals surface area contributed by atoms with Gasteiger partial charge in [-0.25, -0.2) is 0 Å². The van der Waals surface area contributed by atoms with E-state index in [0.717, 1.165) is 5.06 Å². The van der Waals surface area contributed by atoms with Crippen LogP contribution in [0.25, 0.3) is 0 Å². The van der Waals surface area contributed by atoms with E-state index in [1.165, 1.54) is 19.2 Å². The maximum absolute atomic E-state index is 13.0. The first-order chi connectivity index (χ1) is 11.8. The van der Waals surface area contributed by atoms with Crippen LogP contribution in [0.1, 0.15) is 22.0 Å². The van der Waals surface area contributed by atoms with Crippen molar-refractivity contribution in [3.63, 3.8) is 0 Å². The maximum Gasteiger partial charge on any atom is 0.345 e. The molecule has 7 nitrogen and oxygen atoms in total. The molecule has 1 fully saturated rings. The molecule has 0 radical (unpaired) electrons. The van der Waals surface area contributed by atoms with Crippen molar-refractivity contribution in [2.75, 3.05) is 7.05 Å². The van der Waals surface area contributed by atoms with Crippen molar-refractivity contribution in [2.45, 2.75) is 11.9 Å². The second-order valence-electron chi connectivity index (χ2n) is 5.89. The Balaban J connectivity index is 2.10. The SMILES string of the molecule is CN1O[C@H](c2ccccc2)[C@@H](C(=O)c2ccccc2O)[C@H]1P(=O)(O)O. The summed E-state index contributed by atoms with van der Waals surface area (Å²) in [7, 11) is -3.29. The molecule has 2 aromatic carbocycles. The third kappa shape index (κ3) is 3.38. The van der Waals surface area contributed by atoms with E-state index >= 15 is 0 Å². The number of carbonyl (C=O) groups excluding carboxylic acids is 1. The molecule has 0 aromatic heterocycles. The third-order valence-corrected chi connectivity index (χ3v) is 5.58. The molecule has 0 aliphatic carbocycles. The van der Waals surface area contributed by atoms with Gasteiger partial charge >= 0.3 is 7.60 Å². The highest BCUT2D eigenvalue weighted by Crippen LogP contribution is 2.55. The Bertz CT molecular complexity index is 821. The molecular weight excluding hydrogens is 345 g/mol. The van der Waals surface area contributed by atoms with E-state index in [4.69, 9.17) is 4.84 Å². The molecular formula is C17H18NO6P. The number of Topliss-reactive ketones (excluding diaryl/α,β-unsaturated/α-hetero) is 1. The lowest BCUT2D eigenvalue weighted by Crippen LogP contribution is -2.33. The van der Waals surface area contributed by atoms with Gasteiger partial charge < -0.3 is 14.9 Å². The van der Waals surface area contributed by atoms with Crippen molar-refractivity contribution in [3.05, 3.63) is 65.7 Å². The molecule has 1 saturated heterocycles. The van der Waals surface area contributed by atoms with Crippen LogP contribution in [0.5, 0.6) is 5.75 Å². The zero-order chi connectivity index (χ0) is 18.2. The summed E-state index contributed by atoms with van der Waals surface area (Å²) in [6.45, 7) is 0. The molecule has 1 heterocycles. The van der Waals surface area contributed by atoms with Crippen molar-refractivity contribution in [3.8, 4) is 5.75 Å². The number of ketones is 1. The van der Waals surface area contributed by atoms with E-state index in [2.05, 4.69) is 0 Å². The molecule has 132 valence electrons. The molecule has 3 rings (SSSR count). The van der Waals surface area contributed by atoms with Gasteiger partial charge in [-0.05, 0) is 17.7 Å². The Labute approximate surface area is 144 Å². The van der Waals surface area contributed by atoms with Crippen LogP contribution in [-0.2, 0) is 9.40 Å². The van der Waals surface area contributed by atoms with Crippen LogP contribution >= 0.6 is 7.60 Å². The molecule has 3 N–H and O–H groups in total. The van der Waals surface area contributed by atoms with Gasteiger partial charge in [0.15, 0.2) is 5.78 Å². The van der Waals surface area contributed by atoms with Gasteiger partial charge in [0.05, 0.1) is 11.5 Å². The quantitative estimate of drug-likeness (QED) is 0.565. The van der Waals surface area contributed by atoms with Crippen LogP contribution in [0.3, 0.4) is 0 Å². The monoisotopic (exact) mass is 363 g/mol. The summed E-state index contributed by atoms with van der Waals surface area (Å²) in [6.07, 6.45) is -0.865. The molecule has 0 bridgehead atoms. The summed E-state index contributed by atoms with van der Waals surface area (Å²) >= 11 is 0. The largest absolute Gasteiger partial charge is 0.507 e. The highest BCUT2D eigenvalue weighted by molar-refractivity contribution is 7.52. The number of para-hydroxylation sites is 1. The summed E-state index contributed by atoms with van der Waals surface area (Å²) in [5.41, 5.74) is 0.629. The molecule has 3 atom stereocenters. The number of hydroxylamine groups is 2.